The fourth-order valence-electron chi connectivity index (χ4n) is 2.80. The molecule has 3 amide bonds. The Labute approximate surface area is 158 Å². The second-order valence-electron chi connectivity index (χ2n) is 7.03. The molecular weight excluding hydrogens is 346 g/mol. The van der Waals surface area contributed by atoms with Crippen LogP contribution in [0.5, 0.6) is 11.5 Å². The lowest BCUT2D eigenvalue weighted by Gasteiger charge is -2.18. The van der Waals surface area contributed by atoms with Crippen LogP contribution in [0.1, 0.15) is 26.0 Å². The van der Waals surface area contributed by atoms with Gasteiger partial charge in [0, 0.05) is 31.3 Å². The molecule has 0 atom stereocenters. The van der Waals surface area contributed by atoms with Crippen molar-refractivity contribution in [3.05, 3.63) is 36.2 Å². The number of pyridine rings is 2. The number of imide groups is 1. The van der Waals surface area contributed by atoms with Crippen molar-refractivity contribution in [1.29, 1.82) is 0 Å². The fourth-order valence-corrected chi connectivity index (χ4v) is 2.80. The van der Waals surface area contributed by atoms with Gasteiger partial charge in [0.25, 0.3) is 0 Å². The van der Waals surface area contributed by atoms with Crippen molar-refractivity contribution in [1.82, 2.24) is 14.9 Å². The van der Waals surface area contributed by atoms with Gasteiger partial charge in [0.05, 0.1) is 5.69 Å². The molecular formula is C19H23N5O3. The SMILES string of the molecule is CNc1cc(Oc2ccc(NC(=O)N3CCC(C)(C)C3=O)nc2C)ccn1. The van der Waals surface area contributed by atoms with Crippen molar-refractivity contribution >= 4 is 23.6 Å². The molecule has 0 saturated carbocycles. The number of carbonyl (C=O) groups is 2. The van der Waals surface area contributed by atoms with Gasteiger partial charge in [0.2, 0.25) is 5.91 Å². The number of urea groups is 1. The number of aryl methyl sites for hydroxylation is 1. The third-order valence-corrected chi connectivity index (χ3v) is 4.52. The second kappa shape index (κ2) is 7.22. The minimum atomic E-state index is -0.505. The monoisotopic (exact) mass is 369 g/mol. The maximum atomic E-state index is 12.4. The fraction of sp³-hybridized carbons (Fsp3) is 0.368. The number of anilines is 2. The highest BCUT2D eigenvalue weighted by Crippen LogP contribution is 2.31. The summed E-state index contributed by atoms with van der Waals surface area (Å²) in [5.41, 5.74) is 0.110. The van der Waals surface area contributed by atoms with Crippen molar-refractivity contribution in [2.24, 2.45) is 5.41 Å². The first-order valence-corrected chi connectivity index (χ1v) is 8.72. The van der Waals surface area contributed by atoms with Gasteiger partial charge in [-0.25, -0.2) is 14.8 Å². The maximum absolute atomic E-state index is 12.4. The number of likely N-dealkylation sites (tertiary alicyclic amines) is 1. The average Bonchev–Trinajstić information content (AvgIpc) is 2.91. The number of nitrogens with zero attached hydrogens (tertiary/aromatic N) is 3. The van der Waals surface area contributed by atoms with Crippen molar-refractivity contribution in [3.8, 4) is 11.5 Å². The zero-order valence-electron chi connectivity index (χ0n) is 15.9. The lowest BCUT2D eigenvalue weighted by atomic mass is 9.92. The Balaban J connectivity index is 1.69. The van der Waals surface area contributed by atoms with E-state index in [1.165, 1.54) is 4.90 Å². The molecule has 0 aromatic carbocycles. The van der Waals surface area contributed by atoms with Gasteiger partial charge < -0.3 is 10.1 Å². The summed E-state index contributed by atoms with van der Waals surface area (Å²) >= 11 is 0. The van der Waals surface area contributed by atoms with Crippen LogP contribution in [0.15, 0.2) is 30.5 Å². The summed E-state index contributed by atoms with van der Waals surface area (Å²) in [6.45, 7) is 5.88. The summed E-state index contributed by atoms with van der Waals surface area (Å²) in [7, 11) is 1.78. The van der Waals surface area contributed by atoms with Crippen LogP contribution in [0.3, 0.4) is 0 Å². The number of hydrogen-bond donors (Lipinski definition) is 2. The smallest absolute Gasteiger partial charge is 0.329 e. The van der Waals surface area contributed by atoms with Crippen molar-refractivity contribution in [3.63, 3.8) is 0 Å². The molecule has 2 N–H and O–H groups in total. The Bertz CT molecular complexity index is 881. The first kappa shape index (κ1) is 18.6. The Morgan fingerprint density at radius 2 is 2.04 bits per heavy atom. The average molecular weight is 369 g/mol. The van der Waals surface area contributed by atoms with Crippen molar-refractivity contribution in [2.75, 3.05) is 24.2 Å². The van der Waals surface area contributed by atoms with Gasteiger partial charge in [0.1, 0.15) is 23.1 Å². The van der Waals surface area contributed by atoms with Gasteiger partial charge >= 0.3 is 6.03 Å². The van der Waals surface area contributed by atoms with Gasteiger partial charge in [0.15, 0.2) is 0 Å². The van der Waals surface area contributed by atoms with Crippen LogP contribution < -0.4 is 15.4 Å². The van der Waals surface area contributed by atoms with E-state index in [2.05, 4.69) is 20.6 Å². The predicted octanol–water partition coefficient (Wildman–Crippen LogP) is 3.41. The maximum Gasteiger partial charge on any atom is 0.329 e. The molecule has 1 aliphatic rings. The molecule has 142 valence electrons. The molecule has 0 unspecified atom stereocenters. The summed E-state index contributed by atoms with van der Waals surface area (Å²) in [6.07, 6.45) is 2.30. The van der Waals surface area contributed by atoms with Crippen LogP contribution in [0.25, 0.3) is 0 Å². The first-order valence-electron chi connectivity index (χ1n) is 8.72. The largest absolute Gasteiger partial charge is 0.455 e. The highest BCUT2D eigenvalue weighted by atomic mass is 16.5. The molecule has 27 heavy (non-hydrogen) atoms. The zero-order chi connectivity index (χ0) is 19.6. The van der Waals surface area contributed by atoms with E-state index in [1.807, 2.05) is 13.8 Å². The number of amides is 3. The number of hydrogen-bond acceptors (Lipinski definition) is 6. The molecule has 1 saturated heterocycles. The van der Waals surface area contributed by atoms with Gasteiger partial charge in [-0.2, -0.15) is 0 Å². The minimum Gasteiger partial charge on any atom is -0.455 e. The van der Waals surface area contributed by atoms with Gasteiger partial charge in [-0.1, -0.05) is 13.8 Å². The molecule has 1 fully saturated rings. The summed E-state index contributed by atoms with van der Waals surface area (Å²) in [5.74, 6) is 2.09. The lowest BCUT2D eigenvalue weighted by molar-refractivity contribution is -0.131. The Kier molecular flexibility index (Phi) is 4.98. The molecule has 0 aliphatic carbocycles. The van der Waals surface area contributed by atoms with E-state index < -0.39 is 11.4 Å². The molecule has 0 spiro atoms. The third-order valence-electron chi connectivity index (χ3n) is 4.52. The Hall–Kier alpha value is -3.16. The quantitative estimate of drug-likeness (QED) is 0.857. The molecule has 8 heteroatoms. The number of nitrogens with one attached hydrogen (secondary N) is 2. The van der Waals surface area contributed by atoms with Crippen molar-refractivity contribution < 1.29 is 14.3 Å². The van der Waals surface area contributed by atoms with E-state index in [0.29, 0.717) is 41.8 Å². The van der Waals surface area contributed by atoms with E-state index in [9.17, 15) is 9.59 Å². The molecule has 0 bridgehead atoms. The number of rotatable bonds is 4. The summed E-state index contributed by atoms with van der Waals surface area (Å²) in [5, 5.41) is 5.63. The normalized spacial score (nSPS) is 15.6. The second-order valence-corrected chi connectivity index (χ2v) is 7.03. The van der Waals surface area contributed by atoms with Crippen LogP contribution in [0, 0.1) is 12.3 Å². The number of ether oxygens (including phenoxy) is 1. The van der Waals surface area contributed by atoms with E-state index in [4.69, 9.17) is 4.74 Å². The predicted molar refractivity (Wildman–Crippen MR) is 102 cm³/mol. The Morgan fingerprint density at radius 1 is 1.26 bits per heavy atom. The molecule has 1 aliphatic heterocycles. The summed E-state index contributed by atoms with van der Waals surface area (Å²) in [4.78, 5) is 34.4. The molecule has 3 heterocycles. The topological polar surface area (TPSA) is 96.5 Å². The van der Waals surface area contributed by atoms with Gasteiger partial charge in [-0.05, 0) is 31.5 Å². The standard InChI is InChI=1S/C19H23N5O3/c1-12-14(27-13-7-9-21-16(11-13)20-4)5-6-15(22-12)23-18(26)24-10-8-19(2,3)17(24)25/h5-7,9,11H,8,10H2,1-4H3,(H,20,21)(H,22,23,26). The van der Waals surface area contributed by atoms with Crippen LogP contribution in [0.2, 0.25) is 0 Å². The molecule has 2 aromatic rings. The summed E-state index contributed by atoms with van der Waals surface area (Å²) < 4.78 is 5.84. The van der Waals surface area contributed by atoms with E-state index in [0.717, 1.165) is 0 Å². The highest BCUT2D eigenvalue weighted by molar-refractivity contribution is 6.03. The minimum absolute atomic E-state index is 0.172. The molecule has 3 rings (SSSR count). The van der Waals surface area contributed by atoms with E-state index in [1.54, 1.807) is 44.4 Å². The van der Waals surface area contributed by atoms with Gasteiger partial charge in [-0.15, -0.1) is 0 Å². The highest BCUT2D eigenvalue weighted by Gasteiger charge is 2.41. The van der Waals surface area contributed by atoms with E-state index >= 15 is 0 Å². The zero-order valence-corrected chi connectivity index (χ0v) is 15.9. The summed E-state index contributed by atoms with van der Waals surface area (Å²) in [6, 6.07) is 6.44. The number of carbonyl (C=O) groups excluding carboxylic acids is 2. The third kappa shape index (κ3) is 3.99. The molecule has 8 nitrogen and oxygen atoms in total. The number of aromatic nitrogens is 2. The molecule has 2 aromatic heterocycles. The first-order chi connectivity index (χ1) is 12.8. The van der Waals surface area contributed by atoms with Crippen LogP contribution in [-0.4, -0.2) is 40.4 Å². The van der Waals surface area contributed by atoms with Crippen LogP contribution in [0.4, 0.5) is 16.4 Å². The van der Waals surface area contributed by atoms with Crippen LogP contribution in [-0.2, 0) is 4.79 Å². The van der Waals surface area contributed by atoms with Gasteiger partial charge in [-0.3, -0.25) is 15.0 Å². The Morgan fingerprint density at radius 3 is 2.67 bits per heavy atom. The lowest BCUT2D eigenvalue weighted by Crippen LogP contribution is -2.39. The molecule has 0 radical (unpaired) electrons. The van der Waals surface area contributed by atoms with Crippen molar-refractivity contribution in [2.45, 2.75) is 27.2 Å². The van der Waals surface area contributed by atoms with Crippen LogP contribution >= 0.6 is 0 Å². The van der Waals surface area contributed by atoms with E-state index in [-0.39, 0.29) is 5.91 Å².